The molecule has 1 aromatic heterocycles. The average Bonchev–Trinajstić information content (AvgIpc) is 2.70. The number of hydrogen-bond acceptors (Lipinski definition) is 7. The number of carbonyl (C=O) groups is 1. The van der Waals surface area contributed by atoms with Gasteiger partial charge in [-0.1, -0.05) is 26.0 Å². The van der Waals surface area contributed by atoms with Gasteiger partial charge in [0.15, 0.2) is 0 Å². The summed E-state index contributed by atoms with van der Waals surface area (Å²) in [6, 6.07) is 5.49. The summed E-state index contributed by atoms with van der Waals surface area (Å²) >= 11 is 0. The number of aliphatic hydroxyl groups excluding tert-OH is 2. The molecule has 0 saturated heterocycles. The Morgan fingerprint density at radius 2 is 1.76 bits per heavy atom. The molecule has 0 saturated carbocycles. The van der Waals surface area contributed by atoms with Crippen LogP contribution in [0.4, 0.5) is 10.3 Å². The third-order valence-electron chi connectivity index (χ3n) is 4.82. The van der Waals surface area contributed by atoms with Crippen molar-refractivity contribution in [2.24, 2.45) is 0 Å². The number of aliphatic hydroxyl groups is 2. The average molecular weight is 570 g/mol. The van der Waals surface area contributed by atoms with Gasteiger partial charge >= 0.3 is 5.97 Å². The third kappa shape index (κ3) is 8.46. The van der Waals surface area contributed by atoms with Gasteiger partial charge in [0.05, 0.1) is 36.3 Å². The molecule has 9 nitrogen and oxygen atoms in total. The van der Waals surface area contributed by atoms with E-state index >= 15 is 0 Å². The molecule has 34 heavy (non-hydrogen) atoms. The van der Waals surface area contributed by atoms with Crippen LogP contribution in [0.25, 0.3) is 17.3 Å². The van der Waals surface area contributed by atoms with Crippen molar-refractivity contribution in [3.8, 4) is 11.3 Å². The third-order valence-corrected chi connectivity index (χ3v) is 5.97. The van der Waals surface area contributed by atoms with E-state index in [9.17, 15) is 27.8 Å². The van der Waals surface area contributed by atoms with Crippen LogP contribution in [0, 0.1) is 5.82 Å². The SMILES string of the molecule is CC(C)c1nc(N(C)S(C)(=O)=O)nc(-c2ccc(F)cc2)c1/C=C/[C@@H](O)C[C@@H](O)CC(=O)O.[Y]. The van der Waals surface area contributed by atoms with E-state index in [-0.39, 0.29) is 51.0 Å². The summed E-state index contributed by atoms with van der Waals surface area (Å²) in [5.74, 6) is -1.87. The van der Waals surface area contributed by atoms with E-state index in [1.165, 1.54) is 43.5 Å². The van der Waals surface area contributed by atoms with Crippen molar-refractivity contribution in [1.29, 1.82) is 0 Å². The zero-order valence-electron chi connectivity index (χ0n) is 19.4. The molecule has 12 heteroatoms. The second-order valence-electron chi connectivity index (χ2n) is 7.98. The summed E-state index contributed by atoms with van der Waals surface area (Å²) < 4.78 is 38.6. The summed E-state index contributed by atoms with van der Waals surface area (Å²) in [7, 11) is -2.33. The Balaban J connectivity index is 0.00000578. The molecule has 0 aliphatic carbocycles. The van der Waals surface area contributed by atoms with Crippen LogP contribution < -0.4 is 4.31 Å². The molecule has 0 bridgehead atoms. The largest absolute Gasteiger partial charge is 0.481 e. The minimum absolute atomic E-state index is 0. The van der Waals surface area contributed by atoms with Crippen molar-refractivity contribution >= 4 is 28.0 Å². The number of benzene rings is 1. The van der Waals surface area contributed by atoms with Crippen LogP contribution in [0.5, 0.6) is 0 Å². The van der Waals surface area contributed by atoms with Crippen LogP contribution >= 0.6 is 0 Å². The molecule has 1 heterocycles. The first-order valence-electron chi connectivity index (χ1n) is 10.2. The van der Waals surface area contributed by atoms with Crippen molar-refractivity contribution < 1.29 is 65.6 Å². The minimum Gasteiger partial charge on any atom is -0.481 e. The van der Waals surface area contributed by atoms with Gasteiger partial charge in [0.1, 0.15) is 5.82 Å². The van der Waals surface area contributed by atoms with Gasteiger partial charge in [0.2, 0.25) is 16.0 Å². The Morgan fingerprint density at radius 1 is 1.18 bits per heavy atom. The molecule has 1 aromatic carbocycles. The van der Waals surface area contributed by atoms with Crippen molar-refractivity contribution in [1.82, 2.24) is 9.97 Å². The Morgan fingerprint density at radius 3 is 2.26 bits per heavy atom. The summed E-state index contributed by atoms with van der Waals surface area (Å²) in [5, 5.41) is 28.8. The van der Waals surface area contributed by atoms with Crippen LogP contribution in [0.1, 0.15) is 43.9 Å². The fourth-order valence-electron chi connectivity index (χ4n) is 3.05. The fourth-order valence-corrected chi connectivity index (χ4v) is 3.42. The van der Waals surface area contributed by atoms with E-state index in [4.69, 9.17) is 5.11 Å². The smallest absolute Gasteiger partial charge is 0.305 e. The molecule has 0 spiro atoms. The van der Waals surface area contributed by atoms with Crippen LogP contribution in [-0.2, 0) is 47.5 Å². The molecule has 183 valence electrons. The minimum atomic E-state index is -3.65. The maximum absolute atomic E-state index is 13.5. The molecule has 3 N–H and O–H groups in total. The summed E-state index contributed by atoms with van der Waals surface area (Å²) in [5.41, 5.74) is 1.80. The number of halogens is 1. The van der Waals surface area contributed by atoms with E-state index in [1.807, 2.05) is 13.8 Å². The maximum Gasteiger partial charge on any atom is 0.305 e. The summed E-state index contributed by atoms with van der Waals surface area (Å²) in [6.45, 7) is 3.71. The van der Waals surface area contributed by atoms with Gasteiger partial charge in [-0.05, 0) is 30.2 Å². The molecule has 0 unspecified atom stereocenters. The fraction of sp³-hybridized carbons (Fsp3) is 0.409. The number of rotatable bonds is 10. The summed E-state index contributed by atoms with van der Waals surface area (Å²) in [4.78, 5) is 19.6. The van der Waals surface area contributed by atoms with Gasteiger partial charge in [-0.25, -0.2) is 27.1 Å². The zero-order valence-corrected chi connectivity index (χ0v) is 23.0. The molecule has 0 fully saturated rings. The van der Waals surface area contributed by atoms with Gasteiger partial charge in [-0.15, -0.1) is 0 Å². The second kappa shape index (κ2) is 12.8. The first-order valence-corrected chi connectivity index (χ1v) is 12.0. The Hall–Kier alpha value is -1.79. The standard InChI is InChI=1S/C22H28FN3O6S.Y/c1-13(2)20-18(10-9-16(27)11-17(28)12-19(29)30)21(14-5-7-15(23)8-6-14)25-22(24-20)26(3)33(4,31)32;/h5-10,13,16-17,27-28H,11-12H2,1-4H3,(H,29,30);/b10-9+;/t16-,17-;/m1./s1. The molecular formula is C22H28FN3O6SY. The van der Waals surface area contributed by atoms with Crippen molar-refractivity contribution in [3.63, 3.8) is 0 Å². The van der Waals surface area contributed by atoms with Crippen molar-refractivity contribution in [2.75, 3.05) is 17.6 Å². The first kappa shape index (κ1) is 30.2. The quantitative estimate of drug-likeness (QED) is 0.396. The Labute approximate surface area is 223 Å². The number of anilines is 1. The first-order chi connectivity index (χ1) is 15.3. The van der Waals surface area contributed by atoms with Gasteiger partial charge < -0.3 is 15.3 Å². The Kier molecular flexibility index (Phi) is 11.4. The number of aromatic nitrogens is 2. The number of carboxylic acid groups (broad SMARTS) is 1. The van der Waals surface area contributed by atoms with Crippen molar-refractivity contribution in [3.05, 3.63) is 47.4 Å². The second-order valence-corrected chi connectivity index (χ2v) is 9.99. The van der Waals surface area contributed by atoms with E-state index in [0.29, 0.717) is 22.5 Å². The normalized spacial score (nSPS) is 13.5. The number of hydrogen-bond donors (Lipinski definition) is 3. The van der Waals surface area contributed by atoms with Crippen LogP contribution in [0.2, 0.25) is 0 Å². The maximum atomic E-state index is 13.5. The molecule has 0 aliphatic heterocycles. The van der Waals surface area contributed by atoms with Crippen LogP contribution in [-0.4, -0.2) is 65.2 Å². The van der Waals surface area contributed by atoms with E-state index in [2.05, 4.69) is 9.97 Å². The molecule has 0 aliphatic rings. The Bertz CT molecular complexity index is 1130. The van der Waals surface area contributed by atoms with E-state index in [0.717, 1.165) is 10.6 Å². The van der Waals surface area contributed by atoms with Crippen molar-refractivity contribution in [2.45, 2.75) is 44.8 Å². The van der Waals surface area contributed by atoms with Gasteiger partial charge in [-0.3, -0.25) is 4.79 Å². The van der Waals surface area contributed by atoms with Gasteiger partial charge in [0.25, 0.3) is 0 Å². The monoisotopic (exact) mass is 570 g/mol. The van der Waals surface area contributed by atoms with Gasteiger partial charge in [-0.2, -0.15) is 0 Å². The molecular weight excluding hydrogens is 542 g/mol. The molecule has 2 aromatic rings. The molecule has 2 rings (SSSR count). The van der Waals surface area contributed by atoms with Gasteiger partial charge in [0, 0.05) is 57.3 Å². The van der Waals surface area contributed by atoms with Crippen LogP contribution in [0.3, 0.4) is 0 Å². The topological polar surface area (TPSA) is 141 Å². The molecule has 2 atom stereocenters. The number of nitrogens with zero attached hydrogens (tertiary/aromatic N) is 3. The predicted octanol–water partition coefficient (Wildman–Crippen LogP) is 2.40. The van der Waals surface area contributed by atoms with E-state index in [1.54, 1.807) is 0 Å². The number of aliphatic carboxylic acids is 1. The number of carboxylic acids is 1. The predicted molar refractivity (Wildman–Crippen MR) is 123 cm³/mol. The molecule has 1 radical (unpaired) electrons. The van der Waals surface area contributed by atoms with Crippen LogP contribution in [0.15, 0.2) is 30.3 Å². The van der Waals surface area contributed by atoms with E-state index < -0.39 is 40.4 Å². The zero-order chi connectivity index (χ0) is 24.9. The molecule has 0 amide bonds. The summed E-state index contributed by atoms with van der Waals surface area (Å²) in [6.07, 6.45) is 0.860. The number of sulfonamides is 1.